The summed E-state index contributed by atoms with van der Waals surface area (Å²) in [5.41, 5.74) is 0. The molecule has 0 aliphatic rings. The fraction of sp³-hybridized carbons (Fsp3) is 0. The Bertz CT molecular complexity index is 57.2. The zero-order chi connectivity index (χ0) is 5.58. The molecule has 0 amide bonds. The molecule has 0 aliphatic heterocycles. The van der Waals surface area contributed by atoms with Crippen LogP contribution in [0.3, 0.4) is 0 Å². The molecular weight excluding hydrogens is 126 g/mol. The zero-order valence-corrected chi connectivity index (χ0v) is 5.63. The fourth-order valence-electron chi connectivity index (χ4n) is 0. The minimum Gasteiger partial charge on any atom is -0.565 e. The van der Waals surface area contributed by atoms with Crippen molar-refractivity contribution >= 4 is 43.9 Å². The van der Waals surface area contributed by atoms with E-state index in [4.69, 9.17) is 26.8 Å². The second-order valence-corrected chi connectivity index (χ2v) is 0.266. The van der Waals surface area contributed by atoms with Crippen LogP contribution in [0.1, 0.15) is 0 Å². The van der Waals surface area contributed by atoms with Crippen LogP contribution in [0.5, 0.6) is 0 Å². The van der Waals surface area contributed by atoms with E-state index in [0.717, 1.165) is 0 Å². The molecule has 1 N–H and O–H groups in total. The van der Waals surface area contributed by atoms with Crippen LogP contribution in [0, 0.1) is 11.8 Å². The number of hydrogen-bond donors (Lipinski definition) is 1. The van der Waals surface area contributed by atoms with Gasteiger partial charge in [0.2, 0.25) is 6.16 Å². The van der Waals surface area contributed by atoms with E-state index in [9.17, 15) is 0 Å². The van der Waals surface area contributed by atoms with Crippen LogP contribution in [-0.2, 0) is 0 Å². The van der Waals surface area contributed by atoms with Crippen molar-refractivity contribution in [1.29, 1.82) is 5.26 Å². The molecule has 34 valence electrons. The number of carboxylic acid groups (broad SMARTS) is 2. The Labute approximate surface area is 70.4 Å². The summed E-state index contributed by atoms with van der Waals surface area (Å²) in [6, 6.07) is 0. The Morgan fingerprint density at radius 3 is 1.71 bits per heavy atom. The predicted octanol–water partition coefficient (Wildman–Crippen LogP) is -1.40. The summed E-state index contributed by atoms with van der Waals surface area (Å²) >= 11 is 0. The van der Waals surface area contributed by atoms with Crippen LogP contribution < -0.4 is 5.11 Å². The molecule has 0 heterocycles. The number of carbonyl (C=O) groups is 1. The number of nitrogens with zero attached hydrogens (tertiary/aromatic N) is 1. The molecule has 0 saturated carbocycles. The molecule has 0 saturated heterocycles. The summed E-state index contributed by atoms with van der Waals surface area (Å²) in [5, 5.41) is 21.6. The number of hydrogen-bond acceptors (Lipinski definition) is 3. The number of rotatable bonds is 0. The van der Waals surface area contributed by atoms with Crippen LogP contribution in [0.15, 0.2) is 0 Å². The molecule has 0 atom stereocenters. The van der Waals surface area contributed by atoms with Crippen molar-refractivity contribution in [3.63, 3.8) is 0 Å². The van der Waals surface area contributed by atoms with Gasteiger partial charge < -0.3 is 26.8 Å². The average molecular weight is 127 g/mol. The monoisotopic (exact) mass is 127 g/mol. The third-order valence-corrected chi connectivity index (χ3v) is 0. The molecular formula is C2HCaNO3. The van der Waals surface area contributed by atoms with Crippen molar-refractivity contribution in [3.8, 4) is 0 Å². The van der Waals surface area contributed by atoms with Crippen LogP contribution >= 0.6 is 0 Å². The SMILES string of the molecule is O=C([O-])O.[C-]#N.[Ca+2]. The summed E-state index contributed by atoms with van der Waals surface area (Å²) in [4.78, 5) is 8.44. The van der Waals surface area contributed by atoms with Gasteiger partial charge in [0.15, 0.2) is 0 Å². The van der Waals surface area contributed by atoms with Crippen molar-refractivity contribution in [2.45, 2.75) is 0 Å². The molecule has 0 radical (unpaired) electrons. The van der Waals surface area contributed by atoms with Crippen molar-refractivity contribution in [1.82, 2.24) is 0 Å². The van der Waals surface area contributed by atoms with Gasteiger partial charge in [-0.05, 0) is 0 Å². The normalized spacial score (nSPS) is 3.71. The van der Waals surface area contributed by atoms with Crippen molar-refractivity contribution in [2.24, 2.45) is 0 Å². The van der Waals surface area contributed by atoms with E-state index in [0.29, 0.717) is 0 Å². The Balaban J connectivity index is -0.0000000480. The van der Waals surface area contributed by atoms with E-state index in [2.05, 4.69) is 0 Å². The third-order valence-electron chi connectivity index (χ3n) is 0. The molecule has 5 heteroatoms. The molecule has 0 rings (SSSR count). The summed E-state index contributed by atoms with van der Waals surface area (Å²) in [7, 11) is 0. The first kappa shape index (κ1) is 15.7. The van der Waals surface area contributed by atoms with E-state index < -0.39 is 6.16 Å². The first-order valence-corrected chi connectivity index (χ1v) is 0.855. The second-order valence-electron chi connectivity index (χ2n) is 0.266. The Morgan fingerprint density at radius 1 is 1.71 bits per heavy atom. The van der Waals surface area contributed by atoms with Crippen molar-refractivity contribution in [3.05, 3.63) is 6.57 Å². The maximum absolute atomic E-state index is 8.44. The molecule has 0 aromatic rings. The fourth-order valence-corrected chi connectivity index (χ4v) is 0. The van der Waals surface area contributed by atoms with Gasteiger partial charge in [-0.15, -0.1) is 0 Å². The Hall–Kier alpha value is 0.0197. The van der Waals surface area contributed by atoms with Gasteiger partial charge in [-0.2, -0.15) is 0 Å². The summed E-state index contributed by atoms with van der Waals surface area (Å²) in [5.74, 6) is 0. The van der Waals surface area contributed by atoms with Gasteiger partial charge in [0.25, 0.3) is 0 Å². The standard InChI is InChI=1S/CN.CH2O3.Ca/c1-2;2-1(3)4;/h;(H2,2,3,4);/q-1;;+2/p-1. The minimum absolute atomic E-state index is 0. The molecule has 7 heavy (non-hydrogen) atoms. The van der Waals surface area contributed by atoms with E-state index >= 15 is 0 Å². The van der Waals surface area contributed by atoms with Gasteiger partial charge in [-0.3, -0.25) is 0 Å². The Morgan fingerprint density at radius 2 is 1.71 bits per heavy atom. The quantitative estimate of drug-likeness (QED) is 0.320. The first-order chi connectivity index (χ1) is 2.73. The van der Waals surface area contributed by atoms with Gasteiger partial charge in [0, 0.05) is 0 Å². The first-order valence-electron chi connectivity index (χ1n) is 0.855. The molecule has 0 fully saturated rings. The molecule has 4 nitrogen and oxygen atoms in total. The van der Waals surface area contributed by atoms with Crippen LogP contribution in [0.4, 0.5) is 4.79 Å². The van der Waals surface area contributed by atoms with Gasteiger partial charge in [-0.1, -0.05) is 0 Å². The molecule has 0 aromatic carbocycles. The van der Waals surface area contributed by atoms with Crippen LogP contribution in [-0.4, -0.2) is 49.0 Å². The molecule has 0 unspecified atom stereocenters. The zero-order valence-electron chi connectivity index (χ0n) is 3.42. The van der Waals surface area contributed by atoms with Gasteiger partial charge >= 0.3 is 37.7 Å². The largest absolute Gasteiger partial charge is 2.00 e. The molecule has 0 aliphatic carbocycles. The summed E-state index contributed by atoms with van der Waals surface area (Å²) < 4.78 is 0. The maximum Gasteiger partial charge on any atom is 2.00 e. The van der Waals surface area contributed by atoms with Gasteiger partial charge in [0.05, 0.1) is 0 Å². The van der Waals surface area contributed by atoms with E-state index in [1.54, 1.807) is 0 Å². The predicted molar refractivity (Wildman–Crippen MR) is 18.7 cm³/mol. The van der Waals surface area contributed by atoms with Gasteiger partial charge in [-0.25, -0.2) is 0 Å². The minimum atomic E-state index is -2.08. The molecule has 0 aromatic heterocycles. The summed E-state index contributed by atoms with van der Waals surface area (Å²) in [6.07, 6.45) is -2.08. The van der Waals surface area contributed by atoms with Crippen LogP contribution in [0.2, 0.25) is 0 Å². The molecule has 0 spiro atoms. The maximum atomic E-state index is 8.44. The van der Waals surface area contributed by atoms with Crippen LogP contribution in [0.25, 0.3) is 0 Å². The molecule has 0 bridgehead atoms. The average Bonchev–Trinajstić information content (AvgIpc) is 1.41. The van der Waals surface area contributed by atoms with E-state index in [1.165, 1.54) is 0 Å². The Kier molecular flexibility index (Phi) is 37.4. The smallest absolute Gasteiger partial charge is 0.565 e. The van der Waals surface area contributed by atoms with Crippen molar-refractivity contribution < 1.29 is 15.0 Å². The topological polar surface area (TPSA) is 84.2 Å². The summed E-state index contributed by atoms with van der Waals surface area (Å²) in [6.45, 7) is 4.75. The van der Waals surface area contributed by atoms with E-state index in [-0.39, 0.29) is 37.7 Å². The second kappa shape index (κ2) is 16.6. The van der Waals surface area contributed by atoms with Gasteiger partial charge in [0.1, 0.15) is 0 Å². The van der Waals surface area contributed by atoms with Crippen molar-refractivity contribution in [2.75, 3.05) is 0 Å². The third kappa shape index (κ3) is 250000. The van der Waals surface area contributed by atoms with E-state index in [1.807, 2.05) is 0 Å².